The van der Waals surface area contributed by atoms with Gasteiger partial charge in [-0.2, -0.15) is 13.2 Å². The summed E-state index contributed by atoms with van der Waals surface area (Å²) in [6, 6.07) is 3.76. The van der Waals surface area contributed by atoms with Crippen molar-refractivity contribution in [2.75, 3.05) is 44.6 Å². The van der Waals surface area contributed by atoms with Crippen LogP contribution in [0.5, 0.6) is 0 Å². The summed E-state index contributed by atoms with van der Waals surface area (Å²) in [5.41, 5.74) is -1.02. The zero-order valence-electron chi connectivity index (χ0n) is 16.8. The quantitative estimate of drug-likeness (QED) is 0.789. The van der Waals surface area contributed by atoms with Crippen molar-refractivity contribution in [3.8, 4) is 0 Å². The maximum absolute atomic E-state index is 12.5. The van der Waals surface area contributed by atoms with Crippen LogP contribution in [-0.4, -0.2) is 66.8 Å². The van der Waals surface area contributed by atoms with Gasteiger partial charge in [-0.05, 0) is 45.0 Å². The Morgan fingerprint density at radius 3 is 2.14 bits per heavy atom. The van der Waals surface area contributed by atoms with Crippen molar-refractivity contribution < 1.29 is 27.5 Å². The number of nitrogens with one attached hydrogen (secondary N) is 2. The number of ether oxygens (including phenoxy) is 1. The normalized spacial score (nSPS) is 15.7. The smallest absolute Gasteiger partial charge is 0.416 e. The van der Waals surface area contributed by atoms with Crippen LogP contribution in [0.4, 0.5) is 28.4 Å². The SMILES string of the molecule is CC(C)(C)OC(=O)N1CCN(CCNC(=O)Nc2ccc(C(F)(F)F)cc2)CC1. The number of hydrogen-bond acceptors (Lipinski definition) is 4. The number of hydrogen-bond donors (Lipinski definition) is 2. The van der Waals surface area contributed by atoms with Gasteiger partial charge >= 0.3 is 18.3 Å². The molecule has 1 aromatic carbocycles. The van der Waals surface area contributed by atoms with E-state index in [1.165, 1.54) is 12.1 Å². The Hall–Kier alpha value is -2.49. The Kier molecular flexibility index (Phi) is 7.34. The molecule has 0 saturated carbocycles. The Morgan fingerprint density at radius 1 is 1.03 bits per heavy atom. The van der Waals surface area contributed by atoms with Gasteiger partial charge in [-0.25, -0.2) is 9.59 Å². The molecular weight excluding hydrogens is 389 g/mol. The Morgan fingerprint density at radius 2 is 1.62 bits per heavy atom. The summed E-state index contributed by atoms with van der Waals surface area (Å²) in [5, 5.41) is 5.17. The van der Waals surface area contributed by atoms with E-state index in [1.54, 1.807) is 4.90 Å². The van der Waals surface area contributed by atoms with Gasteiger partial charge in [-0.1, -0.05) is 0 Å². The van der Waals surface area contributed by atoms with Gasteiger partial charge in [0.15, 0.2) is 0 Å². The Balaban J connectivity index is 1.66. The van der Waals surface area contributed by atoms with Gasteiger partial charge in [0.2, 0.25) is 0 Å². The summed E-state index contributed by atoms with van der Waals surface area (Å²) in [6.45, 7) is 8.87. The Labute approximate surface area is 168 Å². The zero-order chi connectivity index (χ0) is 21.7. The standard InChI is InChI=1S/C19H27F3N4O3/c1-18(2,3)29-17(28)26-12-10-25(11-13-26)9-8-23-16(27)24-15-6-4-14(5-7-15)19(20,21)22/h4-7H,8-13H2,1-3H3,(H2,23,24,27). The van der Waals surface area contributed by atoms with Crippen LogP contribution in [-0.2, 0) is 10.9 Å². The van der Waals surface area contributed by atoms with Crippen molar-refractivity contribution >= 4 is 17.8 Å². The van der Waals surface area contributed by atoms with Crippen LogP contribution in [0, 0.1) is 0 Å². The van der Waals surface area contributed by atoms with Gasteiger partial charge in [0.1, 0.15) is 5.60 Å². The largest absolute Gasteiger partial charge is 0.444 e. The van der Waals surface area contributed by atoms with Crippen molar-refractivity contribution in [2.45, 2.75) is 32.5 Å². The molecule has 1 aliphatic heterocycles. The highest BCUT2D eigenvalue weighted by atomic mass is 19.4. The van der Waals surface area contributed by atoms with E-state index < -0.39 is 23.4 Å². The molecule has 10 heteroatoms. The first-order valence-electron chi connectivity index (χ1n) is 9.36. The molecule has 162 valence electrons. The number of alkyl halides is 3. The Bertz CT molecular complexity index is 694. The average Bonchev–Trinajstić information content (AvgIpc) is 2.60. The van der Waals surface area contributed by atoms with E-state index in [2.05, 4.69) is 15.5 Å². The molecule has 0 radical (unpaired) electrons. The molecule has 29 heavy (non-hydrogen) atoms. The predicted octanol–water partition coefficient (Wildman–Crippen LogP) is 3.38. The van der Waals surface area contributed by atoms with Gasteiger partial charge in [-0.3, -0.25) is 4.90 Å². The number of urea groups is 1. The first-order chi connectivity index (χ1) is 13.4. The van der Waals surface area contributed by atoms with Gasteiger partial charge in [-0.15, -0.1) is 0 Å². The lowest BCUT2D eigenvalue weighted by Crippen LogP contribution is -2.51. The number of piperazine rings is 1. The highest BCUT2D eigenvalue weighted by Crippen LogP contribution is 2.29. The van der Waals surface area contributed by atoms with Crippen molar-refractivity contribution in [3.05, 3.63) is 29.8 Å². The van der Waals surface area contributed by atoms with Crippen molar-refractivity contribution in [2.24, 2.45) is 0 Å². The van der Waals surface area contributed by atoms with E-state index in [9.17, 15) is 22.8 Å². The first-order valence-corrected chi connectivity index (χ1v) is 9.36. The molecule has 1 saturated heterocycles. The predicted molar refractivity (Wildman–Crippen MR) is 103 cm³/mol. The number of benzene rings is 1. The van der Waals surface area contributed by atoms with Crippen LogP contribution in [0.15, 0.2) is 24.3 Å². The summed E-state index contributed by atoms with van der Waals surface area (Å²) in [5.74, 6) is 0. The lowest BCUT2D eigenvalue weighted by molar-refractivity contribution is -0.137. The summed E-state index contributed by atoms with van der Waals surface area (Å²) in [4.78, 5) is 27.7. The number of nitrogens with zero attached hydrogens (tertiary/aromatic N) is 2. The molecular formula is C19H27F3N4O3. The van der Waals surface area contributed by atoms with E-state index in [4.69, 9.17) is 4.74 Å². The molecule has 0 atom stereocenters. The zero-order valence-corrected chi connectivity index (χ0v) is 16.8. The lowest BCUT2D eigenvalue weighted by atomic mass is 10.2. The molecule has 2 rings (SSSR count). The van der Waals surface area contributed by atoms with Gasteiger partial charge < -0.3 is 20.3 Å². The number of amides is 3. The summed E-state index contributed by atoms with van der Waals surface area (Å²) in [7, 11) is 0. The number of rotatable bonds is 4. The highest BCUT2D eigenvalue weighted by Gasteiger charge is 2.30. The third kappa shape index (κ3) is 7.80. The molecule has 2 N–H and O–H groups in total. The molecule has 1 aromatic rings. The second-order valence-corrected chi connectivity index (χ2v) is 7.77. The number of halogens is 3. The fourth-order valence-electron chi connectivity index (χ4n) is 2.73. The van der Waals surface area contributed by atoms with Gasteiger partial charge in [0, 0.05) is 45.0 Å². The molecule has 0 bridgehead atoms. The second-order valence-electron chi connectivity index (χ2n) is 7.77. The van der Waals surface area contributed by atoms with E-state index in [1.807, 2.05) is 20.8 Å². The maximum atomic E-state index is 12.5. The fraction of sp³-hybridized carbons (Fsp3) is 0.579. The lowest BCUT2D eigenvalue weighted by Gasteiger charge is -2.35. The monoisotopic (exact) mass is 416 g/mol. The van der Waals surface area contributed by atoms with Crippen LogP contribution < -0.4 is 10.6 Å². The maximum Gasteiger partial charge on any atom is 0.416 e. The van der Waals surface area contributed by atoms with Crippen LogP contribution in [0.25, 0.3) is 0 Å². The summed E-state index contributed by atoms with van der Waals surface area (Å²) >= 11 is 0. The van der Waals surface area contributed by atoms with Gasteiger partial charge in [0.25, 0.3) is 0 Å². The van der Waals surface area contributed by atoms with Crippen LogP contribution in [0.2, 0.25) is 0 Å². The van der Waals surface area contributed by atoms with Gasteiger partial charge in [0.05, 0.1) is 5.56 Å². The molecule has 1 aliphatic rings. The van der Waals surface area contributed by atoms with Crippen LogP contribution >= 0.6 is 0 Å². The second kappa shape index (κ2) is 9.34. The van der Waals surface area contributed by atoms with E-state index >= 15 is 0 Å². The van der Waals surface area contributed by atoms with E-state index in [0.29, 0.717) is 39.3 Å². The molecule has 1 heterocycles. The van der Waals surface area contributed by atoms with Crippen LogP contribution in [0.1, 0.15) is 26.3 Å². The molecule has 0 aliphatic carbocycles. The molecule has 1 fully saturated rings. The molecule has 0 unspecified atom stereocenters. The highest BCUT2D eigenvalue weighted by molar-refractivity contribution is 5.89. The third-order valence-corrected chi connectivity index (χ3v) is 4.21. The average molecular weight is 416 g/mol. The van der Waals surface area contributed by atoms with Crippen LogP contribution in [0.3, 0.4) is 0 Å². The molecule has 7 nitrogen and oxygen atoms in total. The third-order valence-electron chi connectivity index (χ3n) is 4.21. The molecule has 3 amide bonds. The van der Waals surface area contributed by atoms with E-state index in [0.717, 1.165) is 12.1 Å². The minimum atomic E-state index is -4.41. The number of carbonyl (C=O) groups is 2. The van der Waals surface area contributed by atoms with Crippen molar-refractivity contribution in [1.82, 2.24) is 15.1 Å². The summed E-state index contributed by atoms with van der Waals surface area (Å²) in [6.07, 6.45) is -4.74. The molecule has 0 aromatic heterocycles. The van der Waals surface area contributed by atoms with Crippen molar-refractivity contribution in [3.63, 3.8) is 0 Å². The molecule has 0 spiro atoms. The number of carbonyl (C=O) groups excluding carboxylic acids is 2. The van der Waals surface area contributed by atoms with E-state index in [-0.39, 0.29) is 11.8 Å². The minimum Gasteiger partial charge on any atom is -0.444 e. The summed E-state index contributed by atoms with van der Waals surface area (Å²) < 4.78 is 42.9. The number of anilines is 1. The topological polar surface area (TPSA) is 73.9 Å². The van der Waals surface area contributed by atoms with Crippen molar-refractivity contribution in [1.29, 1.82) is 0 Å². The minimum absolute atomic E-state index is 0.279. The first kappa shape index (κ1) is 22.8. The fourth-order valence-corrected chi connectivity index (χ4v) is 2.73.